The lowest BCUT2D eigenvalue weighted by molar-refractivity contribution is -0.150. The van der Waals surface area contributed by atoms with E-state index < -0.39 is 29.3 Å². The molecule has 0 bridgehead atoms. The summed E-state index contributed by atoms with van der Waals surface area (Å²) in [5.41, 5.74) is -0.718. The first-order valence-electron chi connectivity index (χ1n) is 12.4. The Balaban J connectivity index is 1.73. The summed E-state index contributed by atoms with van der Waals surface area (Å²) >= 11 is 0. The molecule has 0 radical (unpaired) electrons. The molecule has 2 aromatic carbocycles. The molecule has 3 aliphatic rings. The Morgan fingerprint density at radius 3 is 2.53 bits per heavy atom. The number of methoxy groups -OCH3 is 1. The molecule has 1 amide bonds. The summed E-state index contributed by atoms with van der Waals surface area (Å²) in [6.45, 7) is 0.513. The minimum atomic E-state index is -1.80. The third-order valence-electron chi connectivity index (χ3n) is 8.03. The minimum absolute atomic E-state index is 0.224. The molecule has 3 heterocycles. The van der Waals surface area contributed by atoms with E-state index >= 15 is 0 Å². The number of hydrogen-bond donors (Lipinski definition) is 1. The van der Waals surface area contributed by atoms with Crippen LogP contribution in [0.4, 0.5) is 10.6 Å². The van der Waals surface area contributed by atoms with Gasteiger partial charge in [-0.05, 0) is 37.4 Å². The Kier molecular flexibility index (Phi) is 5.38. The van der Waals surface area contributed by atoms with Gasteiger partial charge in [-0.15, -0.1) is 0 Å². The van der Waals surface area contributed by atoms with E-state index in [4.69, 9.17) is 14.2 Å². The lowest BCUT2D eigenvalue weighted by atomic mass is 9.70. The fourth-order valence-corrected chi connectivity index (χ4v) is 6.61. The Morgan fingerprint density at radius 1 is 1.18 bits per heavy atom. The number of ether oxygens (including phenoxy) is 3. The van der Waals surface area contributed by atoms with Crippen molar-refractivity contribution < 1.29 is 24.1 Å². The number of benzene rings is 2. The molecule has 3 aromatic rings. The van der Waals surface area contributed by atoms with Gasteiger partial charge in [0.25, 0.3) is 0 Å². The quantitative estimate of drug-likeness (QED) is 0.555. The smallest absolute Gasteiger partial charge is 0.415 e. The third kappa shape index (κ3) is 3.04. The summed E-state index contributed by atoms with van der Waals surface area (Å²) < 4.78 is 18.5. The average Bonchev–Trinajstić information content (AvgIpc) is 3.26. The number of carbonyl (C=O) groups excluding carboxylic acids is 1. The van der Waals surface area contributed by atoms with Crippen molar-refractivity contribution in [2.75, 3.05) is 39.7 Å². The van der Waals surface area contributed by atoms with E-state index in [1.54, 1.807) is 25.2 Å². The van der Waals surface area contributed by atoms with Crippen LogP contribution < -0.4 is 14.4 Å². The molecule has 6 rings (SSSR count). The molecule has 1 aliphatic carbocycles. The highest BCUT2D eigenvalue weighted by Gasteiger charge is 2.79. The van der Waals surface area contributed by atoms with Gasteiger partial charge in [-0.2, -0.15) is 10.2 Å². The highest BCUT2D eigenvalue weighted by atomic mass is 16.6. The van der Waals surface area contributed by atoms with Crippen molar-refractivity contribution >= 4 is 11.9 Å². The number of rotatable bonds is 5. The van der Waals surface area contributed by atoms with Crippen molar-refractivity contribution in [3.8, 4) is 17.7 Å². The van der Waals surface area contributed by atoms with E-state index in [0.717, 1.165) is 5.56 Å². The zero-order chi connectivity index (χ0) is 26.8. The number of nitriles is 1. The highest BCUT2D eigenvalue weighted by Crippen LogP contribution is 2.71. The minimum Gasteiger partial charge on any atom is -0.481 e. The summed E-state index contributed by atoms with van der Waals surface area (Å²) in [5.74, 6) is 0.0554. The van der Waals surface area contributed by atoms with Gasteiger partial charge in [-0.1, -0.05) is 42.5 Å². The Labute approximate surface area is 220 Å². The largest absolute Gasteiger partial charge is 0.481 e. The molecule has 0 unspecified atom stereocenters. The van der Waals surface area contributed by atoms with E-state index in [9.17, 15) is 15.2 Å². The van der Waals surface area contributed by atoms with Gasteiger partial charge >= 0.3 is 6.09 Å². The van der Waals surface area contributed by atoms with Crippen molar-refractivity contribution in [3.63, 3.8) is 0 Å². The van der Waals surface area contributed by atoms with Gasteiger partial charge in [0.2, 0.25) is 5.88 Å². The van der Waals surface area contributed by atoms with E-state index in [-0.39, 0.29) is 17.6 Å². The lowest BCUT2D eigenvalue weighted by Gasteiger charge is -2.40. The van der Waals surface area contributed by atoms with Crippen molar-refractivity contribution in [3.05, 3.63) is 82.9 Å². The first kappa shape index (κ1) is 24.2. The average molecular weight is 513 g/mol. The van der Waals surface area contributed by atoms with Crippen LogP contribution in [0.25, 0.3) is 0 Å². The highest BCUT2D eigenvalue weighted by molar-refractivity contribution is 5.90. The zero-order valence-corrected chi connectivity index (χ0v) is 21.6. The van der Waals surface area contributed by atoms with Crippen LogP contribution in [-0.4, -0.2) is 62.0 Å². The predicted molar refractivity (Wildman–Crippen MR) is 138 cm³/mol. The SMILES string of the molecule is COc1cc2c3c(n1)N(C)C(=O)O[C@@H]1[C@H](CN(C)C)[C@@H](c4ccccc4)[C@](c4ccc(C#N)cc4)(O2)[C@]31O. The van der Waals surface area contributed by atoms with E-state index in [1.165, 1.54) is 12.0 Å². The number of carbonyl (C=O) groups is 1. The molecular formula is C29H28N4O5. The Hall–Kier alpha value is -4.13. The van der Waals surface area contributed by atoms with Crippen LogP contribution in [0, 0.1) is 17.2 Å². The van der Waals surface area contributed by atoms with Crippen LogP contribution in [0.15, 0.2) is 60.7 Å². The van der Waals surface area contributed by atoms with Gasteiger partial charge in [-0.25, -0.2) is 4.79 Å². The number of amides is 1. The molecule has 1 N–H and O–H groups in total. The number of anilines is 1. The van der Waals surface area contributed by atoms with Crippen LogP contribution in [-0.2, 0) is 15.9 Å². The van der Waals surface area contributed by atoms with Gasteiger partial charge in [-0.3, -0.25) is 4.90 Å². The number of aliphatic hydroxyl groups is 1. The standard InChI is InChI=1S/C29H28N4O5/c1-32(2)16-20-23(18-8-6-5-7-9-18)29(19-12-10-17(15-30)11-13-19)28(35)24-21(38-29)14-22(36-4)31-26(24)33(3)27(34)37-25(20)28/h5-14,20,23,25,35H,16H2,1-4H3/t20-,23-,25-,28+,29+/m1/s1. The Morgan fingerprint density at radius 2 is 1.89 bits per heavy atom. The molecule has 1 aromatic heterocycles. The summed E-state index contributed by atoms with van der Waals surface area (Å²) in [7, 11) is 6.95. The number of aromatic nitrogens is 1. The monoisotopic (exact) mass is 512 g/mol. The molecule has 0 spiro atoms. The lowest BCUT2D eigenvalue weighted by Crippen LogP contribution is -2.52. The van der Waals surface area contributed by atoms with Crippen LogP contribution >= 0.6 is 0 Å². The fraction of sp³-hybridized carbons (Fsp3) is 0.345. The summed E-state index contributed by atoms with van der Waals surface area (Å²) in [6.07, 6.45) is -1.58. The van der Waals surface area contributed by atoms with Gasteiger partial charge in [0, 0.05) is 31.5 Å². The third-order valence-corrected chi connectivity index (χ3v) is 8.03. The van der Waals surface area contributed by atoms with Crippen LogP contribution in [0.3, 0.4) is 0 Å². The van der Waals surface area contributed by atoms with E-state index in [1.807, 2.05) is 61.5 Å². The topological polar surface area (TPSA) is 108 Å². The zero-order valence-electron chi connectivity index (χ0n) is 21.6. The molecule has 1 saturated carbocycles. The molecule has 9 nitrogen and oxygen atoms in total. The molecule has 2 aliphatic heterocycles. The molecule has 0 saturated heterocycles. The second-order valence-electron chi connectivity index (χ2n) is 10.3. The number of hydrogen-bond acceptors (Lipinski definition) is 8. The first-order valence-corrected chi connectivity index (χ1v) is 12.4. The summed E-state index contributed by atoms with van der Waals surface area (Å²) in [5, 5.41) is 22.6. The molecule has 1 fully saturated rings. The first-order chi connectivity index (χ1) is 18.3. The van der Waals surface area contributed by atoms with Crippen LogP contribution in [0.1, 0.15) is 28.2 Å². The van der Waals surface area contributed by atoms with Crippen molar-refractivity contribution in [2.45, 2.75) is 23.2 Å². The Bertz CT molecular complexity index is 1450. The maximum atomic E-state index is 13.4. The second-order valence-corrected chi connectivity index (χ2v) is 10.3. The summed E-state index contributed by atoms with van der Waals surface area (Å²) in [4.78, 5) is 21.3. The van der Waals surface area contributed by atoms with Crippen molar-refractivity contribution in [2.24, 2.45) is 5.92 Å². The van der Waals surface area contributed by atoms with Gasteiger partial charge in [0.15, 0.2) is 17.0 Å². The normalized spacial score (nSPS) is 28.8. The maximum absolute atomic E-state index is 13.4. The number of pyridine rings is 1. The van der Waals surface area contributed by atoms with E-state index in [2.05, 4.69) is 11.1 Å². The molecular weight excluding hydrogens is 484 g/mol. The summed E-state index contributed by atoms with van der Waals surface area (Å²) in [6, 6.07) is 20.7. The van der Waals surface area contributed by atoms with Gasteiger partial charge < -0.3 is 24.2 Å². The fourth-order valence-electron chi connectivity index (χ4n) is 6.61. The second kappa shape index (κ2) is 8.45. The van der Waals surface area contributed by atoms with Gasteiger partial charge in [0.05, 0.1) is 24.3 Å². The number of nitrogens with zero attached hydrogens (tertiary/aromatic N) is 4. The van der Waals surface area contributed by atoms with Crippen LogP contribution in [0.5, 0.6) is 11.6 Å². The predicted octanol–water partition coefficient (Wildman–Crippen LogP) is 3.37. The van der Waals surface area contributed by atoms with E-state index in [0.29, 0.717) is 29.0 Å². The van der Waals surface area contributed by atoms with Crippen molar-refractivity contribution in [1.82, 2.24) is 9.88 Å². The molecule has 194 valence electrons. The maximum Gasteiger partial charge on any atom is 0.415 e. The molecule has 38 heavy (non-hydrogen) atoms. The van der Waals surface area contributed by atoms with Crippen LogP contribution in [0.2, 0.25) is 0 Å². The molecule has 5 atom stereocenters. The van der Waals surface area contributed by atoms with Gasteiger partial charge in [0.1, 0.15) is 11.9 Å². The van der Waals surface area contributed by atoms with Crippen molar-refractivity contribution in [1.29, 1.82) is 5.26 Å². The molecule has 9 heteroatoms.